The maximum absolute atomic E-state index is 11.8. The van der Waals surface area contributed by atoms with Crippen molar-refractivity contribution in [2.45, 2.75) is 25.8 Å². The Hall–Kier alpha value is -2.32. The molecule has 0 bridgehead atoms. The van der Waals surface area contributed by atoms with Gasteiger partial charge in [-0.05, 0) is 43.7 Å². The summed E-state index contributed by atoms with van der Waals surface area (Å²) >= 11 is 3.58. The summed E-state index contributed by atoms with van der Waals surface area (Å²) in [7, 11) is 1.40. The van der Waals surface area contributed by atoms with E-state index < -0.39 is 0 Å². The van der Waals surface area contributed by atoms with Crippen molar-refractivity contribution in [3.8, 4) is 5.69 Å². The van der Waals surface area contributed by atoms with Gasteiger partial charge in [0.05, 0.1) is 24.2 Å². The number of nitrogens with zero attached hydrogens (tertiary/aromatic N) is 4. The van der Waals surface area contributed by atoms with Gasteiger partial charge in [-0.3, -0.25) is 19.3 Å². The summed E-state index contributed by atoms with van der Waals surface area (Å²) in [5, 5.41) is 0. The fourth-order valence-electron chi connectivity index (χ4n) is 3.44. The number of hydrogen-bond donors (Lipinski definition) is 0. The summed E-state index contributed by atoms with van der Waals surface area (Å²) < 4.78 is 7.90. The molecule has 0 N–H and O–H groups in total. The first-order valence-electron chi connectivity index (χ1n) is 8.99. The second-order valence-corrected chi connectivity index (χ2v) is 7.49. The predicted molar refractivity (Wildman–Crippen MR) is 120 cm³/mol. The maximum Gasteiger partial charge on any atom is 0.305 e. The molecule has 1 aliphatic heterocycles. The lowest BCUT2D eigenvalue weighted by atomic mass is 10.0. The van der Waals surface area contributed by atoms with Crippen LogP contribution in [0.2, 0.25) is 0 Å². The van der Waals surface area contributed by atoms with Crippen LogP contribution in [0, 0.1) is 6.92 Å². The molecular formula is C21H20Br2N4O2. The number of pyridine rings is 1. The number of ether oxygens (including phenoxy) is 1. The third kappa shape index (κ3) is 4.18. The normalized spacial score (nSPS) is 14.7. The molecule has 3 aromatic rings. The van der Waals surface area contributed by atoms with Gasteiger partial charge in [-0.15, -0.1) is 17.0 Å². The first-order chi connectivity index (χ1) is 13.6. The smallest absolute Gasteiger partial charge is 0.305 e. The second-order valence-electron chi connectivity index (χ2n) is 6.58. The number of aromatic nitrogens is 3. The van der Waals surface area contributed by atoms with E-state index in [9.17, 15) is 4.79 Å². The van der Waals surface area contributed by atoms with Crippen LogP contribution in [0.5, 0.6) is 0 Å². The van der Waals surface area contributed by atoms with Gasteiger partial charge in [-0.25, -0.2) is 4.98 Å². The fourth-order valence-corrected chi connectivity index (χ4v) is 3.80. The summed E-state index contributed by atoms with van der Waals surface area (Å²) in [6, 6.07) is 11.6. The van der Waals surface area contributed by atoms with Gasteiger partial charge in [-0.2, -0.15) is 0 Å². The van der Waals surface area contributed by atoms with Gasteiger partial charge < -0.3 is 4.74 Å². The van der Waals surface area contributed by atoms with Gasteiger partial charge in [0.15, 0.2) is 0 Å². The van der Waals surface area contributed by atoms with E-state index in [-0.39, 0.29) is 35.4 Å². The standard InChI is InChI=1S/C21H19BrN4O2.BrH/c1-13-12-24-21-17(7-9-19(27)28-2)25-20(16-5-3-4-10-23-16)15-11-14(22)6-8-18(15)26(13)21;/h3-6,8,10-12,17H,7,9H2,1-2H3;1H/t17-;/m1./s1. The Balaban J connectivity index is 0.00000240. The molecule has 2 aromatic heterocycles. The first kappa shape index (κ1) is 21.4. The number of halogens is 2. The summed E-state index contributed by atoms with van der Waals surface area (Å²) in [5.41, 5.74) is 4.55. The molecule has 1 aromatic carbocycles. The van der Waals surface area contributed by atoms with Gasteiger partial charge in [0, 0.05) is 34.5 Å². The van der Waals surface area contributed by atoms with Crippen molar-refractivity contribution in [1.82, 2.24) is 14.5 Å². The molecule has 0 aliphatic carbocycles. The maximum atomic E-state index is 11.8. The van der Waals surface area contributed by atoms with E-state index in [4.69, 9.17) is 9.73 Å². The van der Waals surface area contributed by atoms with Crippen molar-refractivity contribution in [3.05, 3.63) is 76.0 Å². The van der Waals surface area contributed by atoms with Crippen LogP contribution in [-0.2, 0) is 9.53 Å². The highest BCUT2D eigenvalue weighted by atomic mass is 79.9. The van der Waals surface area contributed by atoms with Crippen molar-refractivity contribution >= 4 is 44.6 Å². The second kappa shape index (κ2) is 9.00. The van der Waals surface area contributed by atoms with Crippen LogP contribution in [0.3, 0.4) is 0 Å². The SMILES string of the molecule is Br.COC(=O)CC[C@H]1N=C(c2ccccn2)c2cc(Br)ccc2-n2c(C)cnc21. The molecule has 1 aliphatic rings. The van der Waals surface area contributed by atoms with Crippen LogP contribution in [0.15, 0.2) is 58.3 Å². The number of rotatable bonds is 4. The minimum Gasteiger partial charge on any atom is -0.469 e. The van der Waals surface area contributed by atoms with Gasteiger partial charge in [0.1, 0.15) is 11.9 Å². The molecule has 0 unspecified atom stereocenters. The number of imidazole rings is 1. The van der Waals surface area contributed by atoms with E-state index in [1.807, 2.05) is 37.4 Å². The van der Waals surface area contributed by atoms with E-state index in [1.165, 1.54) is 7.11 Å². The van der Waals surface area contributed by atoms with Crippen LogP contribution < -0.4 is 0 Å². The molecular weight excluding hydrogens is 500 g/mol. The fraction of sp³-hybridized carbons (Fsp3) is 0.238. The number of benzene rings is 1. The third-order valence-corrected chi connectivity index (χ3v) is 5.25. The van der Waals surface area contributed by atoms with Gasteiger partial charge in [0.2, 0.25) is 0 Å². The minimum absolute atomic E-state index is 0. The van der Waals surface area contributed by atoms with Crippen molar-refractivity contribution in [3.63, 3.8) is 0 Å². The van der Waals surface area contributed by atoms with Gasteiger partial charge in [-0.1, -0.05) is 22.0 Å². The Kier molecular flexibility index (Phi) is 6.64. The number of hydrogen-bond acceptors (Lipinski definition) is 5. The molecule has 0 fully saturated rings. The molecule has 0 saturated heterocycles. The molecule has 4 rings (SSSR count). The highest BCUT2D eigenvalue weighted by molar-refractivity contribution is 9.10. The lowest BCUT2D eigenvalue weighted by molar-refractivity contribution is -0.140. The van der Waals surface area contributed by atoms with Crippen molar-refractivity contribution in [2.24, 2.45) is 4.99 Å². The Morgan fingerprint density at radius 3 is 2.79 bits per heavy atom. The van der Waals surface area contributed by atoms with Crippen molar-refractivity contribution in [1.29, 1.82) is 0 Å². The van der Waals surface area contributed by atoms with Crippen molar-refractivity contribution in [2.75, 3.05) is 7.11 Å². The quantitative estimate of drug-likeness (QED) is 0.466. The number of aliphatic imine (C=N–C) groups is 1. The topological polar surface area (TPSA) is 69.4 Å². The van der Waals surface area contributed by atoms with Crippen LogP contribution in [0.25, 0.3) is 5.69 Å². The Morgan fingerprint density at radius 2 is 2.07 bits per heavy atom. The van der Waals surface area contributed by atoms with Crippen LogP contribution in [-0.4, -0.2) is 33.3 Å². The Bertz CT molecular complexity index is 1060. The van der Waals surface area contributed by atoms with Crippen LogP contribution >= 0.6 is 32.9 Å². The van der Waals surface area contributed by atoms with E-state index in [0.717, 1.165) is 38.6 Å². The first-order valence-corrected chi connectivity index (χ1v) is 9.78. The monoisotopic (exact) mass is 518 g/mol. The molecule has 150 valence electrons. The lowest BCUT2D eigenvalue weighted by Gasteiger charge is -2.14. The average molecular weight is 520 g/mol. The number of carbonyl (C=O) groups excluding carboxylic acids is 1. The predicted octanol–water partition coefficient (Wildman–Crippen LogP) is 4.76. The molecule has 29 heavy (non-hydrogen) atoms. The molecule has 3 heterocycles. The molecule has 8 heteroatoms. The number of carbonyl (C=O) groups is 1. The molecule has 6 nitrogen and oxygen atoms in total. The van der Waals surface area contributed by atoms with Gasteiger partial charge >= 0.3 is 5.97 Å². The van der Waals surface area contributed by atoms with Crippen LogP contribution in [0.1, 0.15) is 41.7 Å². The molecule has 0 spiro atoms. The average Bonchev–Trinajstić information content (AvgIpc) is 3.03. The zero-order valence-electron chi connectivity index (χ0n) is 16.0. The van der Waals surface area contributed by atoms with Crippen LogP contribution in [0.4, 0.5) is 0 Å². The molecule has 0 saturated carbocycles. The summed E-state index contributed by atoms with van der Waals surface area (Å²) in [5.74, 6) is 0.560. The molecule has 1 atom stereocenters. The highest BCUT2D eigenvalue weighted by Gasteiger charge is 2.28. The van der Waals surface area contributed by atoms with E-state index >= 15 is 0 Å². The largest absolute Gasteiger partial charge is 0.469 e. The third-order valence-electron chi connectivity index (χ3n) is 4.76. The summed E-state index contributed by atoms with van der Waals surface area (Å²) in [6.07, 6.45) is 4.38. The van der Waals surface area contributed by atoms with E-state index in [2.05, 4.69) is 42.6 Å². The number of methoxy groups -OCH3 is 1. The summed E-state index contributed by atoms with van der Waals surface area (Å²) in [6.45, 7) is 2.02. The molecule has 0 amide bonds. The number of aryl methyl sites for hydroxylation is 1. The minimum atomic E-state index is -0.281. The zero-order valence-corrected chi connectivity index (χ0v) is 19.3. The summed E-state index contributed by atoms with van der Waals surface area (Å²) in [4.78, 5) is 25.9. The zero-order chi connectivity index (χ0) is 19.7. The lowest BCUT2D eigenvalue weighted by Crippen LogP contribution is -2.09. The van der Waals surface area contributed by atoms with Gasteiger partial charge in [0.25, 0.3) is 0 Å². The highest BCUT2D eigenvalue weighted by Crippen LogP contribution is 2.34. The van der Waals surface area contributed by atoms with E-state index in [1.54, 1.807) is 6.20 Å². The van der Waals surface area contributed by atoms with E-state index in [0.29, 0.717) is 6.42 Å². The molecule has 0 radical (unpaired) electrons. The Morgan fingerprint density at radius 1 is 1.24 bits per heavy atom. The van der Waals surface area contributed by atoms with Crippen molar-refractivity contribution < 1.29 is 9.53 Å². The number of esters is 1. The number of fused-ring (bicyclic) bond motifs is 3. The Labute approximate surface area is 188 Å².